The highest BCUT2D eigenvalue weighted by Crippen LogP contribution is 1.99. The van der Waals surface area contributed by atoms with Crippen molar-refractivity contribution in [3.63, 3.8) is 0 Å². The van der Waals surface area contributed by atoms with Crippen molar-refractivity contribution < 1.29 is 14.6 Å². The Bertz CT molecular complexity index is 311. The van der Waals surface area contributed by atoms with Crippen LogP contribution in [0.4, 0.5) is 0 Å². The lowest BCUT2D eigenvalue weighted by Crippen LogP contribution is -2.19. The van der Waals surface area contributed by atoms with Crippen LogP contribution in [0.1, 0.15) is 16.1 Å². The van der Waals surface area contributed by atoms with Crippen LogP contribution in [0.5, 0.6) is 0 Å². The predicted octanol–water partition coefficient (Wildman–Crippen LogP) is 0.516. The summed E-state index contributed by atoms with van der Waals surface area (Å²) in [5, 5.41) is 11.8. The fourth-order valence-corrected chi connectivity index (χ4v) is 1.05. The Kier molecular flexibility index (Phi) is 4.73. The van der Waals surface area contributed by atoms with E-state index in [1.54, 1.807) is 19.2 Å². The van der Waals surface area contributed by atoms with Gasteiger partial charge in [-0.2, -0.15) is 0 Å². The highest BCUT2D eigenvalue weighted by atomic mass is 16.5. The summed E-state index contributed by atoms with van der Waals surface area (Å²) in [5.74, 6) is -0.957. The van der Waals surface area contributed by atoms with Crippen molar-refractivity contribution in [1.29, 1.82) is 0 Å². The van der Waals surface area contributed by atoms with E-state index >= 15 is 0 Å². The molecule has 82 valence electrons. The van der Waals surface area contributed by atoms with Crippen molar-refractivity contribution in [2.45, 2.75) is 6.54 Å². The topological polar surface area (TPSA) is 71.5 Å². The van der Waals surface area contributed by atoms with E-state index in [0.717, 1.165) is 12.2 Å². The van der Waals surface area contributed by atoms with Gasteiger partial charge in [0.2, 0.25) is 0 Å². The zero-order chi connectivity index (χ0) is 11.1. The van der Waals surface area contributed by atoms with Crippen LogP contribution in [0.15, 0.2) is 18.3 Å². The first kappa shape index (κ1) is 11.6. The molecule has 0 saturated heterocycles. The second-order valence-corrected chi connectivity index (χ2v) is 3.01. The molecule has 2 N–H and O–H groups in total. The number of ether oxygens (including phenoxy) is 1. The van der Waals surface area contributed by atoms with Crippen LogP contribution in [-0.2, 0) is 11.3 Å². The number of carbonyl (C=O) groups is 1. The minimum absolute atomic E-state index is 0.204. The van der Waals surface area contributed by atoms with Gasteiger partial charge in [-0.15, -0.1) is 0 Å². The second-order valence-electron chi connectivity index (χ2n) is 3.01. The third kappa shape index (κ3) is 4.05. The SMILES string of the molecule is COCCNCc1ccc(C(=O)O)cn1. The fraction of sp³-hybridized carbons (Fsp3) is 0.400. The molecule has 0 atom stereocenters. The molecule has 0 aliphatic carbocycles. The van der Waals surface area contributed by atoms with Gasteiger partial charge in [0.05, 0.1) is 17.9 Å². The van der Waals surface area contributed by atoms with E-state index in [4.69, 9.17) is 9.84 Å². The van der Waals surface area contributed by atoms with Crippen LogP contribution >= 0.6 is 0 Å². The first-order valence-electron chi connectivity index (χ1n) is 4.62. The molecule has 5 nitrogen and oxygen atoms in total. The number of carboxylic acids is 1. The van der Waals surface area contributed by atoms with E-state index in [9.17, 15) is 4.79 Å². The number of hydrogen-bond donors (Lipinski definition) is 2. The summed E-state index contributed by atoms with van der Waals surface area (Å²) in [6.07, 6.45) is 1.36. The molecule has 0 spiro atoms. The lowest BCUT2D eigenvalue weighted by atomic mass is 10.2. The fourth-order valence-electron chi connectivity index (χ4n) is 1.05. The average molecular weight is 210 g/mol. The van der Waals surface area contributed by atoms with Gasteiger partial charge in [0.25, 0.3) is 0 Å². The van der Waals surface area contributed by atoms with Gasteiger partial charge in [0.15, 0.2) is 0 Å². The van der Waals surface area contributed by atoms with Crippen LogP contribution in [0, 0.1) is 0 Å². The molecule has 1 rings (SSSR count). The molecular formula is C10H14N2O3. The Labute approximate surface area is 88.1 Å². The average Bonchev–Trinajstić information content (AvgIpc) is 2.25. The number of nitrogens with zero attached hydrogens (tertiary/aromatic N) is 1. The van der Waals surface area contributed by atoms with Crippen molar-refractivity contribution >= 4 is 5.97 Å². The third-order valence-corrected chi connectivity index (χ3v) is 1.86. The molecule has 1 aromatic rings. The zero-order valence-electron chi connectivity index (χ0n) is 8.56. The van der Waals surface area contributed by atoms with Gasteiger partial charge in [-0.3, -0.25) is 4.98 Å². The number of nitrogens with one attached hydrogen (secondary N) is 1. The normalized spacial score (nSPS) is 10.2. The third-order valence-electron chi connectivity index (χ3n) is 1.86. The van der Waals surface area contributed by atoms with Gasteiger partial charge in [-0.05, 0) is 12.1 Å². The molecule has 0 fully saturated rings. The maximum Gasteiger partial charge on any atom is 0.337 e. The molecule has 0 amide bonds. The molecule has 0 saturated carbocycles. The first-order chi connectivity index (χ1) is 7.24. The quantitative estimate of drug-likeness (QED) is 0.669. The highest BCUT2D eigenvalue weighted by molar-refractivity contribution is 5.87. The van der Waals surface area contributed by atoms with Gasteiger partial charge < -0.3 is 15.2 Å². The van der Waals surface area contributed by atoms with Gasteiger partial charge in [0, 0.05) is 26.4 Å². The van der Waals surface area contributed by atoms with Crippen molar-refractivity contribution in [1.82, 2.24) is 10.3 Å². The zero-order valence-corrected chi connectivity index (χ0v) is 8.56. The molecule has 1 heterocycles. The lowest BCUT2D eigenvalue weighted by molar-refractivity contribution is 0.0696. The molecule has 0 bridgehead atoms. The van der Waals surface area contributed by atoms with E-state index in [0.29, 0.717) is 13.2 Å². The summed E-state index contributed by atoms with van der Waals surface area (Å²) >= 11 is 0. The molecule has 0 aliphatic heterocycles. The summed E-state index contributed by atoms with van der Waals surface area (Å²) in [5.41, 5.74) is 1.02. The predicted molar refractivity (Wildman–Crippen MR) is 54.8 cm³/mol. The smallest absolute Gasteiger partial charge is 0.337 e. The van der Waals surface area contributed by atoms with Gasteiger partial charge in [0.1, 0.15) is 0 Å². The Balaban J connectivity index is 2.39. The number of carboxylic acid groups (broad SMARTS) is 1. The molecular weight excluding hydrogens is 196 g/mol. The Morgan fingerprint density at radius 3 is 2.93 bits per heavy atom. The maximum absolute atomic E-state index is 10.5. The summed E-state index contributed by atoms with van der Waals surface area (Å²) < 4.78 is 4.87. The van der Waals surface area contributed by atoms with Crippen molar-refractivity contribution in [2.75, 3.05) is 20.3 Å². The molecule has 0 aliphatic rings. The number of methoxy groups -OCH3 is 1. The van der Waals surface area contributed by atoms with Gasteiger partial charge in [-0.1, -0.05) is 0 Å². The Morgan fingerprint density at radius 1 is 1.60 bits per heavy atom. The van der Waals surface area contributed by atoms with Crippen LogP contribution in [0.25, 0.3) is 0 Å². The van der Waals surface area contributed by atoms with Crippen molar-refractivity contribution in [2.24, 2.45) is 0 Å². The molecule has 1 aromatic heterocycles. The van der Waals surface area contributed by atoms with E-state index in [1.807, 2.05) is 0 Å². The first-order valence-corrected chi connectivity index (χ1v) is 4.62. The van der Waals surface area contributed by atoms with Crippen LogP contribution in [-0.4, -0.2) is 36.3 Å². The monoisotopic (exact) mass is 210 g/mol. The number of hydrogen-bond acceptors (Lipinski definition) is 4. The summed E-state index contributed by atoms with van der Waals surface area (Å²) in [6.45, 7) is 2.01. The minimum atomic E-state index is -0.957. The molecule has 0 unspecified atom stereocenters. The minimum Gasteiger partial charge on any atom is -0.478 e. The summed E-state index contributed by atoms with van der Waals surface area (Å²) in [6, 6.07) is 3.24. The Morgan fingerprint density at radius 2 is 2.40 bits per heavy atom. The lowest BCUT2D eigenvalue weighted by Gasteiger charge is -2.03. The molecule has 0 aromatic carbocycles. The van der Waals surface area contributed by atoms with E-state index in [-0.39, 0.29) is 5.56 Å². The van der Waals surface area contributed by atoms with E-state index < -0.39 is 5.97 Å². The standard InChI is InChI=1S/C10H14N2O3/c1-15-5-4-11-7-9-3-2-8(6-12-9)10(13)14/h2-3,6,11H,4-5,7H2,1H3,(H,13,14). The second kappa shape index (κ2) is 6.10. The van der Waals surface area contributed by atoms with Crippen molar-refractivity contribution in [3.05, 3.63) is 29.6 Å². The van der Waals surface area contributed by atoms with E-state index in [1.165, 1.54) is 6.20 Å². The van der Waals surface area contributed by atoms with Crippen LogP contribution in [0.3, 0.4) is 0 Å². The maximum atomic E-state index is 10.5. The van der Waals surface area contributed by atoms with Gasteiger partial charge >= 0.3 is 5.97 Å². The largest absolute Gasteiger partial charge is 0.478 e. The number of pyridine rings is 1. The number of aromatic carboxylic acids is 1. The molecule has 5 heteroatoms. The van der Waals surface area contributed by atoms with Crippen LogP contribution < -0.4 is 5.32 Å². The summed E-state index contributed by atoms with van der Waals surface area (Å²) in [7, 11) is 1.64. The highest BCUT2D eigenvalue weighted by Gasteiger charge is 2.02. The van der Waals surface area contributed by atoms with Crippen LogP contribution in [0.2, 0.25) is 0 Å². The van der Waals surface area contributed by atoms with E-state index in [2.05, 4.69) is 10.3 Å². The number of aromatic nitrogens is 1. The number of rotatable bonds is 6. The summed E-state index contributed by atoms with van der Waals surface area (Å²) in [4.78, 5) is 14.6. The Hall–Kier alpha value is -1.46. The molecule has 15 heavy (non-hydrogen) atoms. The van der Waals surface area contributed by atoms with Crippen molar-refractivity contribution in [3.8, 4) is 0 Å². The van der Waals surface area contributed by atoms with Gasteiger partial charge in [-0.25, -0.2) is 4.79 Å². The molecule has 0 radical (unpaired) electrons.